The second-order valence-electron chi connectivity index (χ2n) is 11.1. The van der Waals surface area contributed by atoms with E-state index in [9.17, 15) is 0 Å². The molecule has 16 heteroatoms. The second kappa shape index (κ2) is 27.2. The van der Waals surface area contributed by atoms with Gasteiger partial charge in [-0.15, -0.1) is 0 Å². The maximum atomic E-state index is 9.16. The zero-order valence-corrected chi connectivity index (χ0v) is 33.2. The Labute approximate surface area is 350 Å². The summed E-state index contributed by atoms with van der Waals surface area (Å²) in [5.74, 6) is 2.93. The lowest BCUT2D eigenvalue weighted by molar-refractivity contribution is -0.193. The number of hydrogen-bond donors (Lipinski definition) is 1. The smallest absolute Gasteiger partial charge is 0.373 e. The van der Waals surface area contributed by atoms with Crippen LogP contribution in [0.25, 0.3) is 11.1 Å². The quantitative estimate of drug-likeness (QED) is 0.106. The first-order valence-corrected chi connectivity index (χ1v) is 17.5. The van der Waals surface area contributed by atoms with Crippen molar-refractivity contribution in [2.75, 3.05) is 7.11 Å². The number of rotatable bonds is 9. The predicted molar refractivity (Wildman–Crippen MR) is 216 cm³/mol. The summed E-state index contributed by atoms with van der Waals surface area (Å²) in [6.07, 6.45) is 6.91. The number of nitriles is 2. The van der Waals surface area contributed by atoms with Crippen LogP contribution in [0, 0.1) is 22.7 Å². The molecule has 60 heavy (non-hydrogen) atoms. The fraction of sp³-hybridized carbons (Fsp3) is 0.0909. The number of nitrogens with zero attached hydrogens (tertiary/aromatic N) is 6. The summed E-state index contributed by atoms with van der Waals surface area (Å²) < 4.78 is 22.4. The van der Waals surface area contributed by atoms with E-state index < -0.39 is 0 Å². The topological polar surface area (TPSA) is 225 Å². The monoisotopic (exact) mass is 826 g/mol. The number of para-hydroxylation sites is 4. The Bertz CT molecular complexity index is 2510. The third-order valence-corrected chi connectivity index (χ3v) is 7.46. The molecule has 0 aliphatic rings. The van der Waals surface area contributed by atoms with Gasteiger partial charge in [-0.05, 0) is 68.3 Å². The fourth-order valence-corrected chi connectivity index (χ4v) is 4.66. The lowest BCUT2D eigenvalue weighted by atomic mass is 10.1. The number of phenolic OH excluding ortho intramolecular Hbond substituents is 1. The average molecular weight is 827 g/mol. The Balaban J connectivity index is 0.000000317. The Hall–Kier alpha value is -8.45. The molecule has 1 N–H and O–H groups in total. The van der Waals surface area contributed by atoms with Crippen LogP contribution in [0.2, 0.25) is 5.15 Å². The molecule has 0 saturated carbocycles. The van der Waals surface area contributed by atoms with Crippen LogP contribution >= 0.6 is 11.6 Å². The summed E-state index contributed by atoms with van der Waals surface area (Å²) >= 11 is 5.80. The van der Waals surface area contributed by atoms with Crippen molar-refractivity contribution in [3.63, 3.8) is 0 Å². The molecule has 302 valence electrons. The maximum absolute atomic E-state index is 9.16. The molecule has 0 bridgehead atoms. The minimum absolute atomic E-state index is 0.0417. The van der Waals surface area contributed by atoms with Gasteiger partial charge in [0.05, 0.1) is 30.6 Å². The molecule has 4 aromatic carbocycles. The van der Waals surface area contributed by atoms with Crippen LogP contribution < -0.4 is 14.2 Å². The summed E-state index contributed by atoms with van der Waals surface area (Å²) in [7, 11) is 1.61. The molecule has 2 aromatic heterocycles. The molecule has 2 heterocycles. The third kappa shape index (κ3) is 16.3. The van der Waals surface area contributed by atoms with Crippen LogP contribution in [0.1, 0.15) is 43.0 Å². The van der Waals surface area contributed by atoms with E-state index in [1.54, 1.807) is 68.0 Å². The normalized spacial score (nSPS) is 9.78. The molecule has 0 unspecified atom stereocenters. The average Bonchev–Trinajstić information content (AvgIpc) is 3.25. The first-order chi connectivity index (χ1) is 29.1. The minimum Gasteiger partial charge on any atom is -0.507 e. The van der Waals surface area contributed by atoms with Gasteiger partial charge in [0.25, 0.3) is 0 Å². The van der Waals surface area contributed by atoms with Crippen molar-refractivity contribution in [2.24, 2.45) is 0 Å². The first-order valence-electron chi connectivity index (χ1n) is 17.1. The van der Waals surface area contributed by atoms with Crippen molar-refractivity contribution >= 4 is 35.1 Å². The highest BCUT2D eigenvalue weighted by molar-refractivity contribution is 6.29. The van der Waals surface area contributed by atoms with E-state index in [4.69, 9.17) is 65.4 Å². The number of aromatic hydroxyl groups is 1. The number of benzene rings is 4. The summed E-state index contributed by atoms with van der Waals surface area (Å²) in [6.45, 7) is 5.95. The van der Waals surface area contributed by atoms with Gasteiger partial charge in [-0.3, -0.25) is 0 Å². The molecular formula is C44H35ClN6O9. The number of phenols is 1. The van der Waals surface area contributed by atoms with Crippen LogP contribution in [-0.4, -0.2) is 44.5 Å². The molecule has 0 saturated heterocycles. The van der Waals surface area contributed by atoms with Crippen molar-refractivity contribution < 1.29 is 43.2 Å². The molecule has 0 aliphatic carbocycles. The second-order valence-corrected chi connectivity index (χ2v) is 11.5. The van der Waals surface area contributed by atoms with E-state index in [2.05, 4.69) is 26.0 Å². The SMILES string of the molecule is C/C=C(/C)c1ccccc1Oc1cc(Oc2ccccc2C#N)ncn1.CO/C=C(/C)c1ccccc1Oc1cc(Cl)ncn1.N#Cc1ccccc1O.O=C=O.O=C=O. The molecular weight excluding hydrogens is 792 g/mol. The highest BCUT2D eigenvalue weighted by Gasteiger charge is 2.11. The van der Waals surface area contributed by atoms with Crippen molar-refractivity contribution in [3.05, 3.63) is 162 Å². The van der Waals surface area contributed by atoms with Gasteiger partial charge in [-0.25, -0.2) is 19.9 Å². The largest absolute Gasteiger partial charge is 0.507 e. The molecule has 0 atom stereocenters. The number of halogens is 1. The molecule has 6 aromatic rings. The molecule has 0 spiro atoms. The number of ether oxygens (including phenoxy) is 4. The van der Waals surface area contributed by atoms with E-state index in [0.717, 1.165) is 22.3 Å². The number of allylic oxidation sites excluding steroid dienone is 3. The number of methoxy groups -OCH3 is 1. The van der Waals surface area contributed by atoms with Gasteiger partial charge in [0.1, 0.15) is 52.9 Å². The van der Waals surface area contributed by atoms with Crippen LogP contribution in [0.3, 0.4) is 0 Å². The molecule has 0 radical (unpaired) electrons. The Kier molecular flexibility index (Phi) is 21.6. The van der Waals surface area contributed by atoms with Gasteiger partial charge in [-0.2, -0.15) is 29.7 Å². The highest BCUT2D eigenvalue weighted by Crippen LogP contribution is 2.32. The van der Waals surface area contributed by atoms with Gasteiger partial charge < -0.3 is 24.1 Å². The Morgan fingerprint density at radius 3 is 1.50 bits per heavy atom. The number of aromatic nitrogens is 4. The van der Waals surface area contributed by atoms with Gasteiger partial charge in [0.15, 0.2) is 0 Å². The fourth-order valence-electron chi connectivity index (χ4n) is 4.52. The molecule has 0 fully saturated rings. The maximum Gasteiger partial charge on any atom is 0.373 e. The van der Waals surface area contributed by atoms with Crippen LogP contribution in [0.5, 0.6) is 40.6 Å². The molecule has 0 aliphatic heterocycles. The zero-order valence-electron chi connectivity index (χ0n) is 32.5. The van der Waals surface area contributed by atoms with Gasteiger partial charge in [0.2, 0.25) is 17.6 Å². The standard InChI is InChI=1S/C21H17N3O2.C14H13ClN2O2.C7H5NO.2CO2/c1-3-15(2)17-9-5-7-11-19(17)26-21-12-20(23-14-24-21)25-18-10-6-4-8-16(18)13-22;1-10(8-18-2)11-5-3-4-6-12(11)19-14-7-13(15)16-9-17-14;8-5-6-3-1-2-4-7(6)9;2*2-1-3/h3-12,14H,1-2H3;3-9H,1-2H3;1-4,9H;;/b15-3-;10-8-;;;. The first kappa shape index (κ1) is 47.7. The van der Waals surface area contributed by atoms with Gasteiger partial charge in [0, 0.05) is 17.2 Å². The molecule has 0 amide bonds. The highest BCUT2D eigenvalue weighted by atomic mass is 35.5. The minimum atomic E-state index is 0.0417. The van der Waals surface area contributed by atoms with Crippen LogP contribution in [-0.2, 0) is 23.9 Å². The summed E-state index contributed by atoms with van der Waals surface area (Å²) in [4.78, 5) is 48.6. The molecule has 15 nitrogen and oxygen atoms in total. The van der Waals surface area contributed by atoms with Crippen molar-refractivity contribution in [1.29, 1.82) is 10.5 Å². The van der Waals surface area contributed by atoms with E-state index in [-0.39, 0.29) is 18.1 Å². The van der Waals surface area contributed by atoms with E-state index in [0.29, 0.717) is 51.2 Å². The van der Waals surface area contributed by atoms with Crippen molar-refractivity contribution in [2.45, 2.75) is 20.8 Å². The summed E-state index contributed by atoms with van der Waals surface area (Å²) in [5.41, 5.74) is 4.73. The zero-order chi connectivity index (χ0) is 44.1. The van der Waals surface area contributed by atoms with Gasteiger partial charge in [-0.1, -0.05) is 78.3 Å². The Morgan fingerprint density at radius 2 is 1.03 bits per heavy atom. The predicted octanol–water partition coefficient (Wildman–Crippen LogP) is 9.38. The van der Waals surface area contributed by atoms with Crippen LogP contribution in [0.15, 0.2) is 134 Å². The summed E-state index contributed by atoms with van der Waals surface area (Å²) in [5, 5.41) is 26.7. The number of hydrogen-bond acceptors (Lipinski definition) is 15. The lowest BCUT2D eigenvalue weighted by Gasteiger charge is -2.11. The Morgan fingerprint density at radius 1 is 0.617 bits per heavy atom. The van der Waals surface area contributed by atoms with E-state index >= 15 is 0 Å². The lowest BCUT2D eigenvalue weighted by Crippen LogP contribution is -1.95. The summed E-state index contributed by atoms with van der Waals surface area (Å²) in [6, 6.07) is 35.9. The third-order valence-electron chi connectivity index (χ3n) is 7.25. The van der Waals surface area contributed by atoms with Gasteiger partial charge >= 0.3 is 12.3 Å². The number of carbonyl (C=O) groups excluding carboxylic acids is 4. The molecule has 6 rings (SSSR count). The van der Waals surface area contributed by atoms with E-state index in [1.807, 2.05) is 81.4 Å². The van der Waals surface area contributed by atoms with Crippen molar-refractivity contribution in [1.82, 2.24) is 19.9 Å². The van der Waals surface area contributed by atoms with Crippen LogP contribution in [0.4, 0.5) is 0 Å². The van der Waals surface area contributed by atoms with E-state index in [1.165, 1.54) is 18.7 Å². The van der Waals surface area contributed by atoms with Crippen molar-refractivity contribution in [3.8, 4) is 52.8 Å².